The third-order valence-corrected chi connectivity index (χ3v) is 3.31. The van der Waals surface area contributed by atoms with Gasteiger partial charge in [-0.3, -0.25) is 15.3 Å². The molecule has 1 saturated carbocycles. The molecule has 8 heteroatoms. The van der Waals surface area contributed by atoms with Gasteiger partial charge in [0.2, 0.25) is 6.04 Å². The fourth-order valence-corrected chi connectivity index (χ4v) is 2.45. The summed E-state index contributed by atoms with van der Waals surface area (Å²) in [6.45, 7) is 0.0864. The van der Waals surface area contributed by atoms with Gasteiger partial charge in [-0.2, -0.15) is 0 Å². The first-order valence-electron chi connectivity index (χ1n) is 5.03. The van der Waals surface area contributed by atoms with E-state index in [0.717, 1.165) is 0 Å². The number of nitrogens with zero attached hydrogens (tertiary/aromatic N) is 1. The van der Waals surface area contributed by atoms with E-state index >= 15 is 0 Å². The van der Waals surface area contributed by atoms with Gasteiger partial charge < -0.3 is 15.5 Å². The summed E-state index contributed by atoms with van der Waals surface area (Å²) in [7, 11) is 0. The maximum absolute atomic E-state index is 11.5. The van der Waals surface area contributed by atoms with E-state index in [1.54, 1.807) is 0 Å². The zero-order valence-corrected chi connectivity index (χ0v) is 8.14. The van der Waals surface area contributed by atoms with Gasteiger partial charge in [-0.05, 0) is 0 Å². The highest BCUT2D eigenvalue weighted by atomic mass is 16.6. The van der Waals surface area contributed by atoms with Gasteiger partial charge in [0.1, 0.15) is 6.04 Å². The Morgan fingerprint density at radius 3 is 2.67 bits per heavy atom. The van der Waals surface area contributed by atoms with Crippen molar-refractivity contribution in [3.05, 3.63) is 20.5 Å². The lowest BCUT2D eigenvalue weighted by molar-refractivity contribution is -1.04. The molecule has 0 aromatic heterocycles. The van der Waals surface area contributed by atoms with Crippen molar-refractivity contribution in [2.45, 2.75) is 37.4 Å². The average Bonchev–Trinajstić information content (AvgIpc) is 2.23. The summed E-state index contributed by atoms with van der Waals surface area (Å²) in [4.78, 5) is 10.3. The van der Waals surface area contributed by atoms with E-state index in [4.69, 9.17) is 0 Å². The minimum absolute atomic E-state index is 0.0152. The predicted octanol–water partition coefficient (Wildman–Crippen LogP) is -3.21. The molecule has 0 aromatic carbocycles. The highest BCUT2D eigenvalue weighted by Gasteiger charge is 2.45. The van der Waals surface area contributed by atoms with Crippen LogP contribution in [0.2, 0.25) is 0 Å². The summed E-state index contributed by atoms with van der Waals surface area (Å²) in [6, 6.07) is -1.42. The summed E-state index contributed by atoms with van der Waals surface area (Å²) >= 11 is 0. The lowest BCUT2D eigenvalue weighted by atomic mass is 9.86. The Morgan fingerprint density at radius 1 is 1.27 bits per heavy atom. The van der Waals surface area contributed by atoms with Gasteiger partial charge in [0.25, 0.3) is 0 Å². The van der Waals surface area contributed by atoms with Crippen LogP contribution in [0.15, 0.2) is 0 Å². The van der Waals surface area contributed by atoms with Crippen molar-refractivity contribution in [3.63, 3.8) is 0 Å². The largest absolute Gasteiger partial charge is 0.633 e. The standard InChI is InChI=1S/C7H14N4O4/c12-9-4-8-10(13)7-3-5(11(14)15)1-2-6(7)9/h5-10H,1-4H2. The van der Waals surface area contributed by atoms with Crippen LogP contribution in [-0.2, 0) is 0 Å². The smallest absolute Gasteiger partial charge is 0.219 e. The van der Waals surface area contributed by atoms with Crippen LogP contribution in [0.25, 0.3) is 0 Å². The molecule has 0 radical (unpaired) electrons. The molecule has 2 fully saturated rings. The number of quaternary nitrogens is 2. The number of fused-ring (bicyclic) bond motifs is 1. The molecule has 0 aromatic rings. The fraction of sp³-hybridized carbons (Fsp3) is 1.00. The molecular formula is C7H14N4O4. The van der Waals surface area contributed by atoms with Crippen LogP contribution >= 0.6 is 0 Å². The maximum Gasteiger partial charge on any atom is 0.219 e. The third kappa shape index (κ3) is 1.94. The normalized spacial score (nSPS) is 45.9. The van der Waals surface area contributed by atoms with Gasteiger partial charge in [-0.15, -0.1) is 5.43 Å². The molecule has 0 bridgehead atoms. The Bertz CT molecular complexity index is 263. The summed E-state index contributed by atoms with van der Waals surface area (Å²) in [5.74, 6) is 0. The van der Waals surface area contributed by atoms with Crippen molar-refractivity contribution < 1.29 is 15.2 Å². The third-order valence-electron chi connectivity index (χ3n) is 3.31. The molecule has 2 aliphatic rings. The second-order valence-electron chi connectivity index (χ2n) is 4.15. The number of hydroxylamine groups is 3. The van der Waals surface area contributed by atoms with Gasteiger partial charge in [0.05, 0.1) is 6.42 Å². The average molecular weight is 218 g/mol. The first-order chi connectivity index (χ1) is 7.09. The summed E-state index contributed by atoms with van der Waals surface area (Å²) in [6.07, 6.45) is 1.09. The zero-order valence-electron chi connectivity index (χ0n) is 8.14. The molecule has 5 atom stereocenters. The topological polar surface area (TPSA) is 110 Å². The maximum atomic E-state index is 11.5. The molecule has 1 heterocycles. The minimum Gasteiger partial charge on any atom is -0.633 e. The SMILES string of the molecule is O=[N+]([O-])C1CCC2C(C1)[NH+]([O-])NC[NH+]2[O-]. The van der Waals surface area contributed by atoms with Crippen molar-refractivity contribution >= 4 is 0 Å². The molecule has 1 aliphatic heterocycles. The monoisotopic (exact) mass is 218 g/mol. The molecule has 3 N–H and O–H groups in total. The van der Waals surface area contributed by atoms with E-state index in [9.17, 15) is 20.5 Å². The van der Waals surface area contributed by atoms with Crippen molar-refractivity contribution in [2.75, 3.05) is 6.67 Å². The van der Waals surface area contributed by atoms with Gasteiger partial charge in [0, 0.05) is 17.8 Å². The van der Waals surface area contributed by atoms with E-state index in [1.807, 2.05) is 0 Å². The number of hydrogen-bond acceptors (Lipinski definition) is 5. The van der Waals surface area contributed by atoms with E-state index < -0.39 is 12.1 Å². The predicted molar refractivity (Wildman–Crippen MR) is 48.9 cm³/mol. The fourth-order valence-electron chi connectivity index (χ4n) is 2.45. The van der Waals surface area contributed by atoms with Crippen LogP contribution in [0.1, 0.15) is 19.3 Å². The molecule has 0 spiro atoms. The highest BCUT2D eigenvalue weighted by molar-refractivity contribution is 4.80. The highest BCUT2D eigenvalue weighted by Crippen LogP contribution is 2.18. The number of hydrogen-bond donors (Lipinski definition) is 3. The second-order valence-corrected chi connectivity index (χ2v) is 4.15. The van der Waals surface area contributed by atoms with Crippen LogP contribution in [0.4, 0.5) is 0 Å². The van der Waals surface area contributed by atoms with E-state index in [0.29, 0.717) is 12.8 Å². The molecule has 0 amide bonds. The zero-order chi connectivity index (χ0) is 11.0. The summed E-state index contributed by atoms with van der Waals surface area (Å²) in [5, 5.41) is 33.3. The van der Waals surface area contributed by atoms with Crippen molar-refractivity contribution in [2.24, 2.45) is 0 Å². The molecule has 1 aliphatic carbocycles. The minimum atomic E-state index is -0.664. The van der Waals surface area contributed by atoms with Gasteiger partial charge in [-0.25, -0.2) is 0 Å². The van der Waals surface area contributed by atoms with Crippen LogP contribution in [0.3, 0.4) is 0 Å². The Morgan fingerprint density at radius 2 is 2.00 bits per heavy atom. The summed E-state index contributed by atoms with van der Waals surface area (Å²) < 4.78 is 0. The van der Waals surface area contributed by atoms with Crippen molar-refractivity contribution in [3.8, 4) is 0 Å². The summed E-state index contributed by atoms with van der Waals surface area (Å²) in [5.41, 5.74) is 2.48. The van der Waals surface area contributed by atoms with Crippen LogP contribution in [-0.4, -0.2) is 29.7 Å². The Hall–Kier alpha value is -0.800. The molecule has 1 saturated heterocycles. The first-order valence-corrected chi connectivity index (χ1v) is 5.03. The molecular weight excluding hydrogens is 204 g/mol. The Labute approximate surface area is 86.1 Å². The molecule has 5 unspecified atom stereocenters. The molecule has 15 heavy (non-hydrogen) atoms. The second kappa shape index (κ2) is 3.99. The number of rotatable bonds is 1. The first kappa shape index (κ1) is 10.7. The lowest BCUT2D eigenvalue weighted by Crippen LogP contribution is -3.34. The molecule has 2 rings (SSSR count). The number of nitro groups is 1. The van der Waals surface area contributed by atoms with E-state index in [2.05, 4.69) is 5.43 Å². The van der Waals surface area contributed by atoms with E-state index in [1.165, 1.54) is 0 Å². The van der Waals surface area contributed by atoms with Gasteiger partial charge >= 0.3 is 0 Å². The van der Waals surface area contributed by atoms with Crippen molar-refractivity contribution in [1.29, 1.82) is 0 Å². The Kier molecular flexibility index (Phi) is 2.85. The molecule has 8 nitrogen and oxygen atoms in total. The van der Waals surface area contributed by atoms with Crippen molar-refractivity contribution in [1.82, 2.24) is 5.43 Å². The van der Waals surface area contributed by atoms with Crippen LogP contribution in [0.5, 0.6) is 0 Å². The van der Waals surface area contributed by atoms with Crippen LogP contribution in [0, 0.1) is 20.5 Å². The molecule has 86 valence electrons. The van der Waals surface area contributed by atoms with E-state index in [-0.39, 0.29) is 34.3 Å². The van der Waals surface area contributed by atoms with Gasteiger partial charge in [-0.1, -0.05) is 0 Å². The van der Waals surface area contributed by atoms with Crippen LogP contribution < -0.4 is 15.7 Å². The quantitative estimate of drug-likeness (QED) is 0.244. The number of nitrogens with one attached hydrogen (secondary N) is 3. The lowest BCUT2D eigenvalue weighted by Gasteiger charge is -2.47. The Balaban J connectivity index is 2.06. The van der Waals surface area contributed by atoms with Gasteiger partial charge in [0.15, 0.2) is 12.7 Å².